The number of benzene rings is 1. The Hall–Kier alpha value is -1.51. The van der Waals surface area contributed by atoms with Crippen LogP contribution in [0.25, 0.3) is 0 Å². The number of rotatable bonds is 3. The molecule has 4 rings (SSSR count). The van der Waals surface area contributed by atoms with Gasteiger partial charge in [-0.1, -0.05) is 18.2 Å². The van der Waals surface area contributed by atoms with Crippen molar-refractivity contribution in [3.05, 3.63) is 29.8 Å². The van der Waals surface area contributed by atoms with E-state index in [9.17, 15) is 9.90 Å². The number of hydrogen-bond acceptors (Lipinski definition) is 2. The Bertz CT molecular complexity index is 460. The molecule has 0 heterocycles. The van der Waals surface area contributed by atoms with E-state index in [-0.39, 0.29) is 11.3 Å². The van der Waals surface area contributed by atoms with Crippen molar-refractivity contribution in [1.29, 1.82) is 0 Å². The molecule has 0 radical (unpaired) electrons. The number of ether oxygens (including phenoxy) is 1. The van der Waals surface area contributed by atoms with Crippen LogP contribution in [0, 0.1) is 11.8 Å². The summed E-state index contributed by atoms with van der Waals surface area (Å²) in [5.74, 6) is 0.541. The SMILES string of the molecule is COc1ccccc1C12CC(CC1C(=O)O)C2. The van der Waals surface area contributed by atoms with Crippen LogP contribution in [0.15, 0.2) is 24.3 Å². The van der Waals surface area contributed by atoms with Crippen molar-refractivity contribution in [2.24, 2.45) is 11.8 Å². The molecule has 3 aliphatic carbocycles. The zero-order chi connectivity index (χ0) is 12.0. The van der Waals surface area contributed by atoms with Gasteiger partial charge in [-0.25, -0.2) is 0 Å². The van der Waals surface area contributed by atoms with Crippen LogP contribution < -0.4 is 4.74 Å². The van der Waals surface area contributed by atoms with Gasteiger partial charge >= 0.3 is 5.97 Å². The van der Waals surface area contributed by atoms with Gasteiger partial charge in [-0.3, -0.25) is 4.79 Å². The number of para-hydroxylation sites is 1. The van der Waals surface area contributed by atoms with Crippen molar-refractivity contribution in [1.82, 2.24) is 0 Å². The number of carboxylic acid groups (broad SMARTS) is 1. The predicted molar refractivity (Wildman–Crippen MR) is 63.1 cm³/mol. The van der Waals surface area contributed by atoms with Gasteiger partial charge in [-0.15, -0.1) is 0 Å². The lowest BCUT2D eigenvalue weighted by molar-refractivity contribution is -0.143. The lowest BCUT2D eigenvalue weighted by Crippen LogP contribution is -2.39. The normalized spacial score (nSPS) is 34.2. The summed E-state index contributed by atoms with van der Waals surface area (Å²) in [5.41, 5.74) is 0.923. The second-order valence-corrected chi connectivity index (χ2v) is 5.26. The minimum Gasteiger partial charge on any atom is -0.496 e. The second-order valence-electron chi connectivity index (χ2n) is 5.26. The van der Waals surface area contributed by atoms with E-state index in [4.69, 9.17) is 4.74 Å². The molecule has 3 aliphatic rings. The fourth-order valence-electron chi connectivity index (χ4n) is 3.78. The number of methoxy groups -OCH3 is 1. The Labute approximate surface area is 100 Å². The molecular formula is C14H16O3. The third-order valence-electron chi connectivity index (χ3n) is 4.48. The molecule has 0 amide bonds. The Morgan fingerprint density at radius 2 is 2.12 bits per heavy atom. The highest BCUT2D eigenvalue weighted by Gasteiger charge is 2.61. The largest absolute Gasteiger partial charge is 0.496 e. The van der Waals surface area contributed by atoms with E-state index in [1.165, 1.54) is 0 Å². The van der Waals surface area contributed by atoms with E-state index < -0.39 is 5.97 Å². The van der Waals surface area contributed by atoms with Crippen molar-refractivity contribution >= 4 is 5.97 Å². The number of aliphatic carboxylic acids is 1. The minimum atomic E-state index is -0.657. The maximum absolute atomic E-state index is 11.4. The molecule has 90 valence electrons. The maximum atomic E-state index is 11.4. The molecule has 1 atom stereocenters. The Kier molecular flexibility index (Phi) is 2.18. The lowest BCUT2D eigenvalue weighted by atomic mass is 9.62. The number of hydrogen-bond donors (Lipinski definition) is 1. The average molecular weight is 232 g/mol. The smallest absolute Gasteiger partial charge is 0.307 e. The molecule has 3 saturated carbocycles. The van der Waals surface area contributed by atoms with E-state index >= 15 is 0 Å². The van der Waals surface area contributed by atoms with Gasteiger partial charge in [-0.2, -0.15) is 0 Å². The summed E-state index contributed by atoms with van der Waals surface area (Å²) >= 11 is 0. The first-order chi connectivity index (χ1) is 8.17. The molecule has 1 unspecified atom stereocenters. The maximum Gasteiger partial charge on any atom is 0.307 e. The zero-order valence-electron chi connectivity index (χ0n) is 9.85. The molecule has 1 N–H and O–H groups in total. The number of carbonyl (C=O) groups is 1. The van der Waals surface area contributed by atoms with E-state index in [2.05, 4.69) is 0 Å². The Morgan fingerprint density at radius 1 is 1.41 bits per heavy atom. The van der Waals surface area contributed by atoms with Crippen molar-refractivity contribution in [2.45, 2.75) is 24.7 Å². The van der Waals surface area contributed by atoms with Crippen molar-refractivity contribution < 1.29 is 14.6 Å². The average Bonchev–Trinajstić information content (AvgIpc) is 2.84. The van der Waals surface area contributed by atoms with Gasteiger partial charge in [-0.05, 0) is 31.2 Å². The summed E-state index contributed by atoms with van der Waals surface area (Å²) in [5, 5.41) is 9.36. The Balaban J connectivity index is 2.06. The highest BCUT2D eigenvalue weighted by atomic mass is 16.5. The molecule has 1 aromatic carbocycles. The monoisotopic (exact) mass is 232 g/mol. The third kappa shape index (κ3) is 1.31. The Morgan fingerprint density at radius 3 is 2.76 bits per heavy atom. The first kappa shape index (κ1) is 10.6. The van der Waals surface area contributed by atoms with Crippen LogP contribution in [0.3, 0.4) is 0 Å². The molecule has 0 saturated heterocycles. The van der Waals surface area contributed by atoms with Crippen LogP contribution in [-0.2, 0) is 10.2 Å². The molecule has 3 heteroatoms. The fourth-order valence-corrected chi connectivity index (χ4v) is 3.78. The van der Waals surface area contributed by atoms with Gasteiger partial charge < -0.3 is 9.84 Å². The van der Waals surface area contributed by atoms with Crippen molar-refractivity contribution in [2.75, 3.05) is 7.11 Å². The van der Waals surface area contributed by atoms with Crippen molar-refractivity contribution in [3.8, 4) is 5.75 Å². The molecule has 3 nitrogen and oxygen atoms in total. The zero-order valence-corrected chi connectivity index (χ0v) is 9.85. The predicted octanol–water partition coefficient (Wildman–Crippen LogP) is 2.45. The summed E-state index contributed by atoms with van der Waals surface area (Å²) < 4.78 is 5.38. The van der Waals surface area contributed by atoms with E-state index in [1.54, 1.807) is 7.11 Å². The molecule has 0 aliphatic heterocycles. The summed E-state index contributed by atoms with van der Waals surface area (Å²) in [4.78, 5) is 11.4. The van der Waals surface area contributed by atoms with Crippen LogP contribution in [0.4, 0.5) is 0 Å². The molecule has 0 spiro atoms. The van der Waals surface area contributed by atoms with Crippen molar-refractivity contribution in [3.63, 3.8) is 0 Å². The van der Waals surface area contributed by atoms with Gasteiger partial charge in [0.25, 0.3) is 0 Å². The highest BCUT2D eigenvalue weighted by Crippen LogP contribution is 2.64. The van der Waals surface area contributed by atoms with Gasteiger partial charge in [0.05, 0.1) is 13.0 Å². The van der Waals surface area contributed by atoms with Crippen LogP contribution in [-0.4, -0.2) is 18.2 Å². The molecule has 0 aromatic heterocycles. The fraction of sp³-hybridized carbons (Fsp3) is 0.500. The minimum absolute atomic E-state index is 0.164. The standard InChI is InChI=1S/C14H16O3/c1-17-12-5-3-2-4-10(12)14-7-9(8-14)6-11(14)13(15)16/h2-5,9,11H,6-8H2,1H3,(H,15,16). The van der Waals surface area contributed by atoms with E-state index in [0.717, 1.165) is 30.6 Å². The summed E-state index contributed by atoms with van der Waals surface area (Å²) in [6.07, 6.45) is 2.84. The van der Waals surface area contributed by atoms with E-state index in [0.29, 0.717) is 5.92 Å². The van der Waals surface area contributed by atoms with Gasteiger partial charge in [0.2, 0.25) is 0 Å². The first-order valence-corrected chi connectivity index (χ1v) is 6.03. The quantitative estimate of drug-likeness (QED) is 0.870. The van der Waals surface area contributed by atoms with Gasteiger partial charge in [0, 0.05) is 11.0 Å². The number of fused-ring (bicyclic) bond motifs is 1. The van der Waals surface area contributed by atoms with Crippen LogP contribution in [0.1, 0.15) is 24.8 Å². The molecule has 17 heavy (non-hydrogen) atoms. The molecular weight excluding hydrogens is 216 g/mol. The number of carboxylic acids is 1. The van der Waals surface area contributed by atoms with Gasteiger partial charge in [0.1, 0.15) is 5.75 Å². The van der Waals surface area contributed by atoms with Gasteiger partial charge in [0.15, 0.2) is 0 Å². The van der Waals surface area contributed by atoms with E-state index in [1.807, 2.05) is 24.3 Å². The topological polar surface area (TPSA) is 46.5 Å². The summed E-state index contributed by atoms with van der Waals surface area (Å²) in [6, 6.07) is 7.85. The highest BCUT2D eigenvalue weighted by molar-refractivity contribution is 5.74. The summed E-state index contributed by atoms with van der Waals surface area (Å²) in [6.45, 7) is 0. The molecule has 1 aromatic rings. The lowest BCUT2D eigenvalue weighted by Gasteiger charge is -2.41. The molecule has 2 bridgehead atoms. The third-order valence-corrected chi connectivity index (χ3v) is 4.48. The van der Waals surface area contributed by atoms with Crippen LogP contribution >= 0.6 is 0 Å². The summed E-state index contributed by atoms with van der Waals surface area (Å²) in [7, 11) is 1.65. The van der Waals surface area contributed by atoms with Crippen LogP contribution in [0.2, 0.25) is 0 Å². The molecule has 3 fully saturated rings. The second kappa shape index (κ2) is 3.49. The first-order valence-electron chi connectivity index (χ1n) is 6.03. The van der Waals surface area contributed by atoms with Crippen LogP contribution in [0.5, 0.6) is 5.75 Å².